The molecule has 2 N–H and O–H groups in total. The van der Waals surface area contributed by atoms with Crippen molar-refractivity contribution < 1.29 is 5.11 Å². The zero-order valence-corrected chi connectivity index (χ0v) is 13.4. The van der Waals surface area contributed by atoms with E-state index in [1.807, 2.05) is 13.1 Å². The molecular weight excluding hydrogens is 274 g/mol. The fourth-order valence-electron chi connectivity index (χ4n) is 3.46. The summed E-state index contributed by atoms with van der Waals surface area (Å²) in [4.78, 5) is 2.48. The minimum atomic E-state index is -0.230. The third-order valence-electron chi connectivity index (χ3n) is 4.51. The number of aliphatic hydroxyl groups excluding tert-OH is 1. The van der Waals surface area contributed by atoms with Crippen molar-refractivity contribution in [3.05, 3.63) is 41.6 Å². The summed E-state index contributed by atoms with van der Waals surface area (Å²) in [5.41, 5.74) is 4.81. The van der Waals surface area contributed by atoms with Crippen LogP contribution in [0.1, 0.15) is 37.3 Å². The Balaban J connectivity index is 1.78. The molecule has 3 rings (SSSR count). The Kier molecular flexibility index (Phi) is 4.60. The van der Waals surface area contributed by atoms with Crippen molar-refractivity contribution in [1.29, 1.82) is 0 Å². The van der Waals surface area contributed by atoms with Gasteiger partial charge in [0.2, 0.25) is 0 Å². The van der Waals surface area contributed by atoms with Gasteiger partial charge in [-0.05, 0) is 45.7 Å². The van der Waals surface area contributed by atoms with E-state index < -0.39 is 0 Å². The molecule has 4 nitrogen and oxygen atoms in total. The third-order valence-corrected chi connectivity index (χ3v) is 4.51. The highest BCUT2D eigenvalue weighted by molar-refractivity contribution is 5.63. The van der Waals surface area contributed by atoms with E-state index in [0.29, 0.717) is 6.04 Å². The molecule has 2 atom stereocenters. The van der Waals surface area contributed by atoms with Crippen LogP contribution < -0.4 is 0 Å². The lowest BCUT2D eigenvalue weighted by Gasteiger charge is -2.25. The largest absolute Gasteiger partial charge is 0.393 e. The Morgan fingerprint density at radius 1 is 1.45 bits per heavy atom. The molecule has 1 aromatic carbocycles. The van der Waals surface area contributed by atoms with Crippen molar-refractivity contribution in [3.63, 3.8) is 0 Å². The molecule has 1 fully saturated rings. The molecule has 0 spiro atoms. The van der Waals surface area contributed by atoms with E-state index in [1.165, 1.54) is 29.5 Å². The first-order chi connectivity index (χ1) is 10.6. The lowest BCUT2D eigenvalue weighted by molar-refractivity contribution is 0.131. The fourth-order valence-corrected chi connectivity index (χ4v) is 3.46. The fraction of sp³-hybridized carbons (Fsp3) is 0.500. The topological polar surface area (TPSA) is 52.2 Å². The summed E-state index contributed by atoms with van der Waals surface area (Å²) in [5, 5.41) is 17.1. The molecule has 0 radical (unpaired) electrons. The molecule has 2 aromatic rings. The summed E-state index contributed by atoms with van der Waals surface area (Å²) in [6.07, 6.45) is 4.97. The number of benzene rings is 1. The normalized spacial score (nSPS) is 20.4. The molecule has 1 aliphatic rings. The average Bonchev–Trinajstić information content (AvgIpc) is 3.09. The zero-order chi connectivity index (χ0) is 15.5. The van der Waals surface area contributed by atoms with Crippen LogP contribution in [-0.2, 0) is 6.54 Å². The molecule has 0 aliphatic carbocycles. The highest BCUT2D eigenvalue weighted by Crippen LogP contribution is 2.27. The molecule has 0 amide bonds. The summed E-state index contributed by atoms with van der Waals surface area (Å²) in [6.45, 7) is 6.00. The number of aromatic amines is 1. The minimum absolute atomic E-state index is 0.230. The maximum atomic E-state index is 9.67. The van der Waals surface area contributed by atoms with E-state index >= 15 is 0 Å². The first kappa shape index (κ1) is 15.3. The van der Waals surface area contributed by atoms with E-state index in [-0.39, 0.29) is 6.10 Å². The average molecular weight is 299 g/mol. The number of likely N-dealkylation sites (tertiary alicyclic amines) is 1. The van der Waals surface area contributed by atoms with Crippen LogP contribution in [0.15, 0.2) is 30.5 Å². The number of H-pyrrole nitrogens is 1. The Hall–Kier alpha value is -1.65. The SMILES string of the molecule is Cc1cccc(-c2[nH]ncc2CN2CCCC2CC(C)O)c1. The standard InChI is InChI=1S/C18H25N3O/c1-13-5-3-6-15(9-13)18-16(11-19-20-18)12-21-8-4-7-17(21)10-14(2)22/h3,5-6,9,11,14,17,22H,4,7-8,10,12H2,1-2H3,(H,19,20). The van der Waals surface area contributed by atoms with Gasteiger partial charge in [0.05, 0.1) is 18.0 Å². The number of hydrogen-bond acceptors (Lipinski definition) is 3. The second-order valence-electron chi connectivity index (χ2n) is 6.49. The zero-order valence-electron chi connectivity index (χ0n) is 13.4. The van der Waals surface area contributed by atoms with Gasteiger partial charge in [-0.15, -0.1) is 0 Å². The van der Waals surface area contributed by atoms with Crippen molar-refractivity contribution in [2.45, 2.75) is 51.8 Å². The molecule has 0 saturated carbocycles. The lowest BCUT2D eigenvalue weighted by atomic mass is 10.0. The van der Waals surface area contributed by atoms with Crippen LogP contribution >= 0.6 is 0 Å². The van der Waals surface area contributed by atoms with Gasteiger partial charge in [0.25, 0.3) is 0 Å². The molecule has 2 unspecified atom stereocenters. The molecule has 4 heteroatoms. The van der Waals surface area contributed by atoms with Crippen LogP contribution in [0.3, 0.4) is 0 Å². The molecule has 2 heterocycles. The highest BCUT2D eigenvalue weighted by Gasteiger charge is 2.26. The van der Waals surface area contributed by atoms with Gasteiger partial charge in [0.15, 0.2) is 0 Å². The molecule has 118 valence electrons. The highest BCUT2D eigenvalue weighted by atomic mass is 16.3. The number of hydrogen-bond donors (Lipinski definition) is 2. The minimum Gasteiger partial charge on any atom is -0.393 e. The number of rotatable bonds is 5. The van der Waals surface area contributed by atoms with Gasteiger partial charge < -0.3 is 5.11 Å². The summed E-state index contributed by atoms with van der Waals surface area (Å²) >= 11 is 0. The van der Waals surface area contributed by atoms with Crippen molar-refractivity contribution in [2.75, 3.05) is 6.54 Å². The number of nitrogens with one attached hydrogen (secondary N) is 1. The van der Waals surface area contributed by atoms with Crippen LogP contribution in [0.5, 0.6) is 0 Å². The molecule has 1 aliphatic heterocycles. The van der Waals surface area contributed by atoms with Crippen LogP contribution in [0, 0.1) is 6.92 Å². The summed E-state index contributed by atoms with van der Waals surface area (Å²) in [5.74, 6) is 0. The molecule has 1 saturated heterocycles. The second kappa shape index (κ2) is 6.63. The first-order valence-corrected chi connectivity index (χ1v) is 8.15. The quantitative estimate of drug-likeness (QED) is 0.892. The van der Waals surface area contributed by atoms with Gasteiger partial charge in [0.1, 0.15) is 0 Å². The van der Waals surface area contributed by atoms with Crippen molar-refractivity contribution >= 4 is 0 Å². The number of aromatic nitrogens is 2. The predicted molar refractivity (Wildman–Crippen MR) is 88.5 cm³/mol. The van der Waals surface area contributed by atoms with E-state index in [4.69, 9.17) is 0 Å². The van der Waals surface area contributed by atoms with Gasteiger partial charge in [-0.1, -0.05) is 23.8 Å². The number of aliphatic hydroxyl groups is 1. The van der Waals surface area contributed by atoms with Crippen LogP contribution in [-0.4, -0.2) is 38.9 Å². The van der Waals surface area contributed by atoms with Gasteiger partial charge in [-0.3, -0.25) is 10.00 Å². The smallest absolute Gasteiger partial charge is 0.0695 e. The maximum absolute atomic E-state index is 9.67. The van der Waals surface area contributed by atoms with E-state index in [1.54, 1.807) is 0 Å². The maximum Gasteiger partial charge on any atom is 0.0695 e. The van der Waals surface area contributed by atoms with Gasteiger partial charge in [0, 0.05) is 23.7 Å². The van der Waals surface area contributed by atoms with Gasteiger partial charge in [-0.2, -0.15) is 5.10 Å². The van der Waals surface area contributed by atoms with Crippen molar-refractivity contribution in [1.82, 2.24) is 15.1 Å². The van der Waals surface area contributed by atoms with Crippen LogP contribution in [0.25, 0.3) is 11.3 Å². The summed E-state index contributed by atoms with van der Waals surface area (Å²) in [7, 11) is 0. The Morgan fingerprint density at radius 3 is 3.09 bits per heavy atom. The van der Waals surface area contributed by atoms with E-state index in [2.05, 4.69) is 46.3 Å². The molecular formula is C18H25N3O. The Bertz CT molecular complexity index is 620. The van der Waals surface area contributed by atoms with E-state index in [0.717, 1.165) is 25.2 Å². The second-order valence-corrected chi connectivity index (χ2v) is 6.49. The Morgan fingerprint density at radius 2 is 2.32 bits per heavy atom. The summed E-state index contributed by atoms with van der Waals surface area (Å²) < 4.78 is 0. The summed E-state index contributed by atoms with van der Waals surface area (Å²) in [6, 6.07) is 9.00. The number of nitrogens with zero attached hydrogens (tertiary/aromatic N) is 2. The lowest BCUT2D eigenvalue weighted by Crippen LogP contribution is -2.31. The molecule has 22 heavy (non-hydrogen) atoms. The van der Waals surface area contributed by atoms with E-state index in [9.17, 15) is 5.11 Å². The van der Waals surface area contributed by atoms with Crippen LogP contribution in [0.4, 0.5) is 0 Å². The third kappa shape index (κ3) is 3.39. The number of aryl methyl sites for hydroxylation is 1. The molecule has 0 bridgehead atoms. The Labute approximate surface area is 132 Å². The van der Waals surface area contributed by atoms with Gasteiger partial charge in [-0.25, -0.2) is 0 Å². The van der Waals surface area contributed by atoms with Gasteiger partial charge >= 0.3 is 0 Å². The molecule has 1 aromatic heterocycles. The van der Waals surface area contributed by atoms with Crippen LogP contribution in [0.2, 0.25) is 0 Å². The first-order valence-electron chi connectivity index (χ1n) is 8.15. The predicted octanol–water partition coefficient (Wildman–Crippen LogP) is 3.12. The monoisotopic (exact) mass is 299 g/mol. The van der Waals surface area contributed by atoms with Crippen molar-refractivity contribution in [3.8, 4) is 11.3 Å². The van der Waals surface area contributed by atoms with Crippen molar-refractivity contribution in [2.24, 2.45) is 0 Å².